The third kappa shape index (κ3) is 6.66. The van der Waals surface area contributed by atoms with Crippen molar-refractivity contribution in [2.24, 2.45) is 0 Å². The number of rotatable bonds is 6. The van der Waals surface area contributed by atoms with Crippen LogP contribution in [0, 0.1) is 0 Å². The zero-order valence-corrected chi connectivity index (χ0v) is 19.3. The van der Waals surface area contributed by atoms with E-state index in [9.17, 15) is 35.9 Å². The number of carbonyl (C=O) groups is 2. The second-order valence-electron chi connectivity index (χ2n) is 7.63. The lowest BCUT2D eigenvalue weighted by molar-refractivity contribution is -0.326. The first-order chi connectivity index (χ1) is 16.3. The maximum atomic E-state index is 13.7. The van der Waals surface area contributed by atoms with Crippen molar-refractivity contribution in [2.45, 2.75) is 44.4 Å². The number of carbonyl (C=O) groups excluding carboxylic acids is 2. The Balaban J connectivity index is 1.69. The second kappa shape index (κ2) is 10.4. The molecule has 0 spiro atoms. The fourth-order valence-corrected chi connectivity index (χ4v) is 4.62. The molecule has 1 N–H and O–H groups in total. The van der Waals surface area contributed by atoms with E-state index in [0.717, 1.165) is 17.4 Å². The number of ether oxygens (including phenoxy) is 3. The molecule has 2 amide bonds. The van der Waals surface area contributed by atoms with Crippen LogP contribution in [0.15, 0.2) is 11.4 Å². The summed E-state index contributed by atoms with van der Waals surface area (Å²) in [5.41, 5.74) is -1.12. The van der Waals surface area contributed by atoms with Gasteiger partial charge in [0.25, 0.3) is 5.91 Å². The van der Waals surface area contributed by atoms with E-state index in [0.29, 0.717) is 0 Å². The SMILES string of the molecule is CNC(=O)c1csc2c(C(F)(F)F)cc(OC3CCN(C(=O)OCCOC(F)(F)F)C(C)C3)nc12. The lowest BCUT2D eigenvalue weighted by Gasteiger charge is -2.36. The van der Waals surface area contributed by atoms with Gasteiger partial charge in [-0.25, -0.2) is 9.78 Å². The van der Waals surface area contributed by atoms with Gasteiger partial charge in [0.05, 0.1) is 28.0 Å². The molecule has 1 aliphatic heterocycles. The molecule has 3 heterocycles. The average Bonchev–Trinajstić information content (AvgIpc) is 3.18. The Hall–Kier alpha value is -2.81. The summed E-state index contributed by atoms with van der Waals surface area (Å²) in [6.07, 6.45) is -10.6. The predicted molar refractivity (Wildman–Crippen MR) is 111 cm³/mol. The van der Waals surface area contributed by atoms with Crippen LogP contribution in [0.2, 0.25) is 0 Å². The number of hydrogen-bond donors (Lipinski definition) is 1. The van der Waals surface area contributed by atoms with Crippen LogP contribution >= 0.6 is 11.3 Å². The summed E-state index contributed by atoms with van der Waals surface area (Å²) < 4.78 is 90.8. The number of thiophene rings is 1. The Morgan fingerprint density at radius 1 is 1.23 bits per heavy atom. The largest absolute Gasteiger partial charge is 0.522 e. The third-order valence-corrected chi connectivity index (χ3v) is 6.20. The van der Waals surface area contributed by atoms with Crippen molar-refractivity contribution >= 4 is 33.6 Å². The number of alkyl halides is 6. The number of fused-ring (bicyclic) bond motifs is 1. The van der Waals surface area contributed by atoms with E-state index in [1.165, 1.54) is 17.3 Å². The lowest BCUT2D eigenvalue weighted by Crippen LogP contribution is -2.47. The van der Waals surface area contributed by atoms with Crippen LogP contribution in [-0.4, -0.2) is 67.2 Å². The monoisotopic (exact) mass is 529 g/mol. The van der Waals surface area contributed by atoms with Gasteiger partial charge in [-0.2, -0.15) is 13.2 Å². The Labute approximate surface area is 199 Å². The Morgan fingerprint density at radius 3 is 2.54 bits per heavy atom. The summed E-state index contributed by atoms with van der Waals surface area (Å²) in [7, 11) is 1.35. The first-order valence-corrected chi connectivity index (χ1v) is 11.2. The van der Waals surface area contributed by atoms with Crippen LogP contribution in [0.3, 0.4) is 0 Å². The minimum atomic E-state index is -4.83. The van der Waals surface area contributed by atoms with E-state index >= 15 is 0 Å². The van der Waals surface area contributed by atoms with Crippen molar-refractivity contribution in [3.05, 3.63) is 22.6 Å². The molecular formula is C20H21F6N3O5S. The molecule has 0 bridgehead atoms. The van der Waals surface area contributed by atoms with Crippen LogP contribution in [0.25, 0.3) is 10.2 Å². The topological polar surface area (TPSA) is 90.0 Å². The smallest absolute Gasteiger partial charge is 0.474 e. The van der Waals surface area contributed by atoms with Gasteiger partial charge < -0.3 is 19.7 Å². The fraction of sp³-hybridized carbons (Fsp3) is 0.550. The summed E-state index contributed by atoms with van der Waals surface area (Å²) in [6.45, 7) is 0.296. The van der Waals surface area contributed by atoms with Crippen molar-refractivity contribution in [3.63, 3.8) is 0 Å². The highest BCUT2D eigenvalue weighted by Gasteiger charge is 2.37. The van der Waals surface area contributed by atoms with Crippen LogP contribution in [0.5, 0.6) is 5.88 Å². The number of aromatic nitrogens is 1. The standard InChI is InChI=1S/C20H21F6N3O5S/c1-10-7-11(3-4-29(10)18(31)32-5-6-33-20(24,25)26)34-14-8-13(19(21,22)23)16-15(28-14)12(9-35-16)17(30)27-2/h8-11H,3-7H2,1-2H3,(H,27,30). The number of nitrogens with zero attached hydrogens (tertiary/aromatic N) is 2. The molecule has 2 unspecified atom stereocenters. The molecule has 1 aliphatic rings. The zero-order valence-electron chi connectivity index (χ0n) is 18.5. The summed E-state index contributed by atoms with van der Waals surface area (Å²) in [5.74, 6) is -0.902. The zero-order chi connectivity index (χ0) is 26.0. The van der Waals surface area contributed by atoms with Gasteiger partial charge in [0, 0.05) is 43.9 Å². The molecule has 1 saturated heterocycles. The van der Waals surface area contributed by atoms with Gasteiger partial charge in [0.15, 0.2) is 0 Å². The molecule has 0 saturated carbocycles. The Morgan fingerprint density at radius 2 is 1.94 bits per heavy atom. The number of halogens is 6. The molecule has 1 fully saturated rings. The summed E-state index contributed by atoms with van der Waals surface area (Å²) in [5, 5.41) is 3.65. The van der Waals surface area contributed by atoms with E-state index in [1.54, 1.807) is 6.92 Å². The highest BCUT2D eigenvalue weighted by atomic mass is 32.1. The maximum absolute atomic E-state index is 13.7. The average molecular weight is 529 g/mol. The lowest BCUT2D eigenvalue weighted by atomic mass is 10.0. The van der Waals surface area contributed by atoms with Crippen molar-refractivity contribution in [2.75, 3.05) is 26.8 Å². The third-order valence-electron chi connectivity index (χ3n) is 5.20. The van der Waals surface area contributed by atoms with Gasteiger partial charge in [-0.15, -0.1) is 24.5 Å². The van der Waals surface area contributed by atoms with E-state index in [1.807, 2.05) is 0 Å². The van der Waals surface area contributed by atoms with E-state index in [2.05, 4.69) is 15.0 Å². The van der Waals surface area contributed by atoms with E-state index < -0.39 is 55.5 Å². The van der Waals surface area contributed by atoms with Crippen molar-refractivity contribution in [1.82, 2.24) is 15.2 Å². The highest BCUT2D eigenvalue weighted by molar-refractivity contribution is 7.17. The highest BCUT2D eigenvalue weighted by Crippen LogP contribution is 2.40. The van der Waals surface area contributed by atoms with Gasteiger partial charge in [-0.3, -0.25) is 9.53 Å². The Kier molecular flexibility index (Phi) is 7.99. The van der Waals surface area contributed by atoms with Crippen LogP contribution in [-0.2, 0) is 15.7 Å². The summed E-state index contributed by atoms with van der Waals surface area (Å²) >= 11 is 0.751. The van der Waals surface area contributed by atoms with Gasteiger partial charge in [0.2, 0.25) is 5.88 Å². The molecule has 0 aliphatic carbocycles. The number of pyridine rings is 1. The molecule has 2 aromatic rings. The molecule has 2 aromatic heterocycles. The Bertz CT molecular complexity index is 1070. The second-order valence-corrected chi connectivity index (χ2v) is 8.51. The fourth-order valence-electron chi connectivity index (χ4n) is 3.60. The molecule has 2 atom stereocenters. The normalized spacial score (nSPS) is 19.0. The van der Waals surface area contributed by atoms with Crippen LogP contribution < -0.4 is 10.1 Å². The van der Waals surface area contributed by atoms with Gasteiger partial charge in [-0.05, 0) is 6.92 Å². The van der Waals surface area contributed by atoms with Crippen LogP contribution in [0.1, 0.15) is 35.7 Å². The number of piperidine rings is 1. The first-order valence-electron chi connectivity index (χ1n) is 10.3. The molecular weight excluding hydrogens is 508 g/mol. The number of likely N-dealkylation sites (tertiary alicyclic amines) is 1. The molecule has 35 heavy (non-hydrogen) atoms. The number of nitrogens with one attached hydrogen (secondary N) is 1. The quantitative estimate of drug-likeness (QED) is 0.435. The number of amides is 2. The van der Waals surface area contributed by atoms with Crippen molar-refractivity contribution in [1.29, 1.82) is 0 Å². The van der Waals surface area contributed by atoms with Crippen LogP contribution in [0.4, 0.5) is 31.1 Å². The predicted octanol–water partition coefficient (Wildman–Crippen LogP) is 4.58. The molecule has 3 rings (SSSR count). The molecule has 194 valence electrons. The number of hydrogen-bond acceptors (Lipinski definition) is 7. The van der Waals surface area contributed by atoms with Crippen molar-refractivity contribution < 1.29 is 50.1 Å². The molecule has 8 nitrogen and oxygen atoms in total. The first kappa shape index (κ1) is 26.8. The molecule has 0 radical (unpaired) electrons. The van der Waals surface area contributed by atoms with Crippen molar-refractivity contribution in [3.8, 4) is 5.88 Å². The molecule has 15 heteroatoms. The minimum Gasteiger partial charge on any atom is -0.474 e. The summed E-state index contributed by atoms with van der Waals surface area (Å²) in [4.78, 5) is 29.6. The van der Waals surface area contributed by atoms with Gasteiger partial charge >= 0.3 is 18.6 Å². The maximum Gasteiger partial charge on any atom is 0.522 e. The van der Waals surface area contributed by atoms with E-state index in [-0.39, 0.29) is 41.0 Å². The van der Waals surface area contributed by atoms with Gasteiger partial charge in [0.1, 0.15) is 12.7 Å². The van der Waals surface area contributed by atoms with E-state index in [4.69, 9.17) is 9.47 Å². The van der Waals surface area contributed by atoms with Gasteiger partial charge in [-0.1, -0.05) is 0 Å². The molecule has 0 aromatic carbocycles. The summed E-state index contributed by atoms with van der Waals surface area (Å²) in [6, 6.07) is 0.302. The minimum absolute atomic E-state index is 0.0103.